The van der Waals surface area contributed by atoms with Crippen LogP contribution in [0.1, 0.15) is 36.7 Å². The van der Waals surface area contributed by atoms with Crippen molar-refractivity contribution in [3.05, 3.63) is 29.3 Å². The SMILES string of the molecule is CC(C)(C)c1cc(O)ccc1C(=O)Cl. The second kappa shape index (κ2) is 3.62. The predicted molar refractivity (Wildman–Crippen MR) is 57.0 cm³/mol. The van der Waals surface area contributed by atoms with E-state index in [1.807, 2.05) is 20.8 Å². The second-order valence-electron chi connectivity index (χ2n) is 4.25. The molecule has 0 atom stereocenters. The van der Waals surface area contributed by atoms with Crippen molar-refractivity contribution in [2.75, 3.05) is 0 Å². The Morgan fingerprint density at radius 1 is 1.36 bits per heavy atom. The van der Waals surface area contributed by atoms with Gasteiger partial charge in [-0.15, -0.1) is 0 Å². The minimum absolute atomic E-state index is 0.150. The van der Waals surface area contributed by atoms with Gasteiger partial charge < -0.3 is 5.11 Å². The van der Waals surface area contributed by atoms with Crippen LogP contribution < -0.4 is 0 Å². The Morgan fingerprint density at radius 3 is 2.36 bits per heavy atom. The quantitative estimate of drug-likeness (QED) is 0.727. The number of aromatic hydroxyl groups is 1. The molecule has 0 spiro atoms. The van der Waals surface area contributed by atoms with Gasteiger partial charge in [-0.3, -0.25) is 4.79 Å². The summed E-state index contributed by atoms with van der Waals surface area (Å²) in [5, 5.41) is 8.84. The number of phenolic OH excluding ortho intramolecular Hbond substituents is 1. The molecule has 3 heteroatoms. The molecule has 2 nitrogen and oxygen atoms in total. The molecule has 0 aliphatic heterocycles. The van der Waals surface area contributed by atoms with Crippen LogP contribution in [-0.2, 0) is 5.41 Å². The maximum absolute atomic E-state index is 11.1. The third-order valence-corrected chi connectivity index (χ3v) is 2.23. The number of carbonyl (C=O) groups excluding carboxylic acids is 1. The van der Waals surface area contributed by atoms with Crippen molar-refractivity contribution in [3.8, 4) is 5.75 Å². The van der Waals surface area contributed by atoms with Gasteiger partial charge in [-0.2, -0.15) is 0 Å². The molecule has 0 saturated carbocycles. The molecule has 1 rings (SSSR count). The maximum atomic E-state index is 11.1. The Labute approximate surface area is 88.5 Å². The molecular formula is C11H13ClO2. The Hall–Kier alpha value is -1.02. The molecule has 0 unspecified atom stereocenters. The fourth-order valence-corrected chi connectivity index (χ4v) is 1.49. The van der Waals surface area contributed by atoms with Crippen LogP contribution in [-0.4, -0.2) is 10.3 Å². The molecule has 1 aromatic rings. The lowest BCUT2D eigenvalue weighted by molar-refractivity contribution is 0.107. The van der Waals surface area contributed by atoms with E-state index in [1.165, 1.54) is 6.07 Å². The Morgan fingerprint density at radius 2 is 1.93 bits per heavy atom. The van der Waals surface area contributed by atoms with Gasteiger partial charge in [0, 0.05) is 5.56 Å². The zero-order chi connectivity index (χ0) is 10.9. The van der Waals surface area contributed by atoms with Crippen LogP contribution in [0.15, 0.2) is 18.2 Å². The first-order chi connectivity index (χ1) is 6.32. The van der Waals surface area contributed by atoms with Gasteiger partial charge in [0.15, 0.2) is 0 Å². The summed E-state index contributed by atoms with van der Waals surface area (Å²) < 4.78 is 0. The van der Waals surface area contributed by atoms with Gasteiger partial charge in [-0.05, 0) is 40.8 Å². The van der Waals surface area contributed by atoms with Crippen molar-refractivity contribution in [2.24, 2.45) is 0 Å². The van der Waals surface area contributed by atoms with Crippen molar-refractivity contribution in [1.82, 2.24) is 0 Å². The van der Waals surface area contributed by atoms with Crippen molar-refractivity contribution >= 4 is 16.8 Å². The van der Waals surface area contributed by atoms with Crippen molar-refractivity contribution in [3.63, 3.8) is 0 Å². The molecule has 0 radical (unpaired) electrons. The van der Waals surface area contributed by atoms with Crippen LogP contribution >= 0.6 is 11.6 Å². The fraction of sp³-hybridized carbons (Fsp3) is 0.364. The molecule has 14 heavy (non-hydrogen) atoms. The number of halogens is 1. The van der Waals surface area contributed by atoms with E-state index in [4.69, 9.17) is 11.6 Å². The van der Waals surface area contributed by atoms with E-state index in [1.54, 1.807) is 12.1 Å². The molecule has 1 aromatic carbocycles. The first-order valence-corrected chi connectivity index (χ1v) is 4.73. The fourth-order valence-electron chi connectivity index (χ4n) is 1.32. The van der Waals surface area contributed by atoms with Gasteiger partial charge in [-0.25, -0.2) is 0 Å². The standard InChI is InChI=1S/C11H13ClO2/c1-11(2,3)9-6-7(13)4-5-8(9)10(12)14/h4-6,13H,1-3H3. The highest BCUT2D eigenvalue weighted by Crippen LogP contribution is 2.29. The molecule has 0 aliphatic carbocycles. The van der Waals surface area contributed by atoms with Crippen LogP contribution in [0.4, 0.5) is 0 Å². The largest absolute Gasteiger partial charge is 0.508 e. The summed E-state index contributed by atoms with van der Waals surface area (Å²) in [7, 11) is 0. The first kappa shape index (κ1) is 11.1. The summed E-state index contributed by atoms with van der Waals surface area (Å²) in [4.78, 5) is 11.1. The molecule has 0 bridgehead atoms. The van der Waals surface area contributed by atoms with E-state index < -0.39 is 5.24 Å². The van der Waals surface area contributed by atoms with Gasteiger partial charge >= 0.3 is 0 Å². The highest BCUT2D eigenvalue weighted by Gasteiger charge is 2.21. The Bertz CT molecular complexity index is 364. The monoisotopic (exact) mass is 212 g/mol. The molecule has 0 aromatic heterocycles. The second-order valence-corrected chi connectivity index (χ2v) is 4.60. The van der Waals surface area contributed by atoms with Gasteiger partial charge in [0.1, 0.15) is 5.75 Å². The summed E-state index contributed by atoms with van der Waals surface area (Å²) in [6, 6.07) is 4.59. The van der Waals surface area contributed by atoms with Gasteiger partial charge in [0.05, 0.1) is 0 Å². The van der Waals surface area contributed by atoms with E-state index in [0.717, 1.165) is 5.56 Å². The van der Waals surface area contributed by atoms with E-state index in [9.17, 15) is 9.90 Å². The van der Waals surface area contributed by atoms with Gasteiger partial charge in [0.25, 0.3) is 5.24 Å². The molecule has 0 amide bonds. The van der Waals surface area contributed by atoms with E-state index >= 15 is 0 Å². The molecule has 0 saturated heterocycles. The lowest BCUT2D eigenvalue weighted by Gasteiger charge is -2.21. The van der Waals surface area contributed by atoms with Crippen LogP contribution in [0.5, 0.6) is 5.75 Å². The Balaban J connectivity index is 3.38. The third-order valence-electron chi connectivity index (χ3n) is 2.02. The first-order valence-electron chi connectivity index (χ1n) is 4.35. The van der Waals surface area contributed by atoms with Gasteiger partial charge in [0.2, 0.25) is 0 Å². The molecule has 0 fully saturated rings. The highest BCUT2D eigenvalue weighted by atomic mass is 35.5. The number of phenols is 1. The number of hydrogen-bond acceptors (Lipinski definition) is 2. The summed E-state index contributed by atoms with van der Waals surface area (Å²) in [5.41, 5.74) is 1.01. The number of rotatable bonds is 1. The topological polar surface area (TPSA) is 37.3 Å². The van der Waals surface area contributed by atoms with E-state index in [2.05, 4.69) is 0 Å². The number of carbonyl (C=O) groups is 1. The minimum Gasteiger partial charge on any atom is -0.508 e. The van der Waals surface area contributed by atoms with E-state index in [-0.39, 0.29) is 11.2 Å². The molecular weight excluding hydrogens is 200 g/mol. The molecule has 1 N–H and O–H groups in total. The van der Waals surface area contributed by atoms with Crippen molar-refractivity contribution in [1.29, 1.82) is 0 Å². The molecule has 76 valence electrons. The summed E-state index contributed by atoms with van der Waals surface area (Å²) >= 11 is 5.45. The maximum Gasteiger partial charge on any atom is 0.252 e. The van der Waals surface area contributed by atoms with Crippen LogP contribution in [0, 0.1) is 0 Å². The number of benzene rings is 1. The normalized spacial score (nSPS) is 11.4. The van der Waals surface area contributed by atoms with Crippen molar-refractivity contribution in [2.45, 2.75) is 26.2 Å². The average Bonchev–Trinajstić information content (AvgIpc) is 2.01. The highest BCUT2D eigenvalue weighted by molar-refractivity contribution is 6.67. The summed E-state index contributed by atoms with van der Waals surface area (Å²) in [5.74, 6) is 0.150. The minimum atomic E-state index is -0.491. The summed E-state index contributed by atoms with van der Waals surface area (Å²) in [6.07, 6.45) is 0. The number of hydrogen-bond donors (Lipinski definition) is 1. The zero-order valence-electron chi connectivity index (χ0n) is 8.47. The smallest absolute Gasteiger partial charge is 0.252 e. The average molecular weight is 213 g/mol. The van der Waals surface area contributed by atoms with Crippen LogP contribution in [0.2, 0.25) is 0 Å². The van der Waals surface area contributed by atoms with Gasteiger partial charge in [-0.1, -0.05) is 20.8 Å². The summed E-state index contributed by atoms with van der Waals surface area (Å²) in [6.45, 7) is 5.89. The Kier molecular flexibility index (Phi) is 2.86. The predicted octanol–water partition coefficient (Wildman–Crippen LogP) is 3.07. The molecule has 0 heterocycles. The van der Waals surface area contributed by atoms with E-state index in [0.29, 0.717) is 5.56 Å². The van der Waals surface area contributed by atoms with Crippen LogP contribution in [0.3, 0.4) is 0 Å². The van der Waals surface area contributed by atoms with Crippen LogP contribution in [0.25, 0.3) is 0 Å². The zero-order valence-corrected chi connectivity index (χ0v) is 9.22. The molecule has 0 aliphatic rings. The lowest BCUT2D eigenvalue weighted by atomic mass is 9.84. The van der Waals surface area contributed by atoms with Crippen molar-refractivity contribution < 1.29 is 9.90 Å². The third kappa shape index (κ3) is 2.26. The lowest BCUT2D eigenvalue weighted by Crippen LogP contribution is -2.15.